The second kappa shape index (κ2) is 10.2. The lowest BCUT2D eigenvalue weighted by molar-refractivity contribution is -0.113. The van der Waals surface area contributed by atoms with Crippen LogP contribution in [0.2, 0.25) is 15.1 Å². The topological polar surface area (TPSA) is 81.1 Å². The van der Waals surface area contributed by atoms with Crippen molar-refractivity contribution >= 4 is 52.3 Å². The smallest absolute Gasteiger partial charge is 0.255 e. The second-order valence-electron chi connectivity index (χ2n) is 8.16. The van der Waals surface area contributed by atoms with Crippen LogP contribution in [0.5, 0.6) is 5.75 Å². The quantitative estimate of drug-likeness (QED) is 0.283. The maximum Gasteiger partial charge on any atom is 0.255 e. The molecule has 1 aromatic heterocycles. The van der Waals surface area contributed by atoms with Crippen molar-refractivity contribution < 1.29 is 9.53 Å². The van der Waals surface area contributed by atoms with Crippen LogP contribution in [0, 0.1) is 0 Å². The fourth-order valence-electron chi connectivity index (χ4n) is 3.97. The standard InChI is InChI=1S/C26H20Cl3N5O2/c1-15-23(25(35)33-19-7-5-18(27)6-8-19)24(34-26(32-15)30-14-31-34)17-3-9-20(10-4-17)36-13-16-2-11-21(28)22(29)12-16/h2-12,14,24H,13H2,1H3,(H,33,35)(H,30,31,32)/t24-/m0/s1. The summed E-state index contributed by atoms with van der Waals surface area (Å²) in [4.78, 5) is 17.7. The van der Waals surface area contributed by atoms with Crippen molar-refractivity contribution in [3.63, 3.8) is 0 Å². The van der Waals surface area contributed by atoms with Gasteiger partial charge >= 0.3 is 0 Å². The van der Waals surface area contributed by atoms with Crippen LogP contribution in [0.25, 0.3) is 0 Å². The molecule has 0 aliphatic carbocycles. The minimum atomic E-state index is -0.486. The molecule has 0 bridgehead atoms. The number of halogens is 3. The number of hydrogen-bond acceptors (Lipinski definition) is 5. The van der Waals surface area contributed by atoms with Gasteiger partial charge in [-0.15, -0.1) is 0 Å². The Morgan fingerprint density at radius 2 is 1.78 bits per heavy atom. The first-order valence-electron chi connectivity index (χ1n) is 11.0. The summed E-state index contributed by atoms with van der Waals surface area (Å²) in [7, 11) is 0. The molecular weight excluding hydrogens is 521 g/mol. The van der Waals surface area contributed by atoms with Gasteiger partial charge in [0, 0.05) is 16.4 Å². The molecule has 3 aromatic carbocycles. The zero-order valence-electron chi connectivity index (χ0n) is 19.0. The molecule has 1 aliphatic rings. The van der Waals surface area contributed by atoms with Crippen LogP contribution >= 0.6 is 34.8 Å². The van der Waals surface area contributed by atoms with Crippen molar-refractivity contribution in [3.05, 3.63) is 111 Å². The van der Waals surface area contributed by atoms with Crippen LogP contribution in [-0.2, 0) is 11.4 Å². The normalized spacial score (nSPS) is 14.7. The zero-order chi connectivity index (χ0) is 25.2. The number of hydrogen-bond donors (Lipinski definition) is 2. The molecule has 0 radical (unpaired) electrons. The summed E-state index contributed by atoms with van der Waals surface area (Å²) in [5.74, 6) is 0.972. The molecule has 1 amide bonds. The summed E-state index contributed by atoms with van der Waals surface area (Å²) >= 11 is 18.1. The van der Waals surface area contributed by atoms with E-state index in [1.54, 1.807) is 41.1 Å². The van der Waals surface area contributed by atoms with Gasteiger partial charge in [-0.05, 0) is 66.6 Å². The number of ether oxygens (including phenoxy) is 1. The summed E-state index contributed by atoms with van der Waals surface area (Å²) in [5.41, 5.74) is 3.60. The Morgan fingerprint density at radius 3 is 2.50 bits per heavy atom. The molecule has 1 aliphatic heterocycles. The van der Waals surface area contributed by atoms with Gasteiger partial charge in [0.2, 0.25) is 5.95 Å². The van der Waals surface area contributed by atoms with E-state index in [1.165, 1.54) is 6.33 Å². The molecule has 0 saturated heterocycles. The average molecular weight is 541 g/mol. The first-order valence-corrected chi connectivity index (χ1v) is 12.1. The Hall–Kier alpha value is -3.52. The lowest BCUT2D eigenvalue weighted by Gasteiger charge is -2.28. The molecule has 7 nitrogen and oxygen atoms in total. The summed E-state index contributed by atoms with van der Waals surface area (Å²) < 4.78 is 7.61. The minimum absolute atomic E-state index is 0.256. The SMILES string of the molecule is CC1=C(C(=O)Nc2ccc(Cl)cc2)[C@H](c2ccc(OCc3ccc(Cl)c(Cl)c3)cc2)n2ncnc2N1. The summed E-state index contributed by atoms with van der Waals surface area (Å²) in [5, 5.41) is 12.1. The average Bonchev–Trinajstić information content (AvgIpc) is 3.33. The number of amides is 1. The van der Waals surface area contributed by atoms with Crippen molar-refractivity contribution in [2.75, 3.05) is 10.6 Å². The highest BCUT2D eigenvalue weighted by Crippen LogP contribution is 2.36. The fraction of sp³-hybridized carbons (Fsp3) is 0.115. The molecule has 2 heterocycles. The van der Waals surface area contributed by atoms with Gasteiger partial charge in [-0.25, -0.2) is 4.68 Å². The van der Waals surface area contributed by atoms with Gasteiger partial charge in [-0.3, -0.25) is 4.79 Å². The summed E-state index contributed by atoms with van der Waals surface area (Å²) in [6.07, 6.45) is 1.46. The number of benzene rings is 3. The van der Waals surface area contributed by atoms with Gasteiger partial charge in [-0.1, -0.05) is 53.0 Å². The van der Waals surface area contributed by atoms with Crippen molar-refractivity contribution in [3.8, 4) is 5.75 Å². The van der Waals surface area contributed by atoms with E-state index in [4.69, 9.17) is 39.5 Å². The van der Waals surface area contributed by atoms with Gasteiger partial charge in [-0.2, -0.15) is 10.1 Å². The molecule has 0 unspecified atom stereocenters. The Labute approximate surface area is 222 Å². The Kier molecular flexibility index (Phi) is 6.87. The first-order chi connectivity index (χ1) is 17.4. The molecule has 182 valence electrons. The number of aromatic nitrogens is 3. The lowest BCUT2D eigenvalue weighted by atomic mass is 9.95. The largest absolute Gasteiger partial charge is 0.489 e. The number of allylic oxidation sites excluding steroid dienone is 1. The second-order valence-corrected chi connectivity index (χ2v) is 9.41. The molecule has 2 N–H and O–H groups in total. The van der Waals surface area contributed by atoms with Crippen LogP contribution in [-0.4, -0.2) is 20.7 Å². The van der Waals surface area contributed by atoms with Gasteiger partial charge in [0.05, 0.1) is 15.6 Å². The van der Waals surface area contributed by atoms with Crippen molar-refractivity contribution in [2.45, 2.75) is 19.6 Å². The molecule has 0 fully saturated rings. The van der Waals surface area contributed by atoms with E-state index in [0.29, 0.717) is 50.3 Å². The number of fused-ring (bicyclic) bond motifs is 1. The number of rotatable bonds is 6. The molecule has 0 saturated carbocycles. The lowest BCUT2D eigenvalue weighted by Crippen LogP contribution is -2.31. The Balaban J connectivity index is 1.39. The third-order valence-corrected chi connectivity index (χ3v) is 6.72. The third-order valence-electron chi connectivity index (χ3n) is 5.73. The highest BCUT2D eigenvalue weighted by Gasteiger charge is 2.33. The van der Waals surface area contributed by atoms with Gasteiger partial charge in [0.1, 0.15) is 24.7 Å². The van der Waals surface area contributed by atoms with Crippen LogP contribution in [0.3, 0.4) is 0 Å². The molecule has 0 spiro atoms. The Bertz CT molecular complexity index is 1450. The van der Waals surface area contributed by atoms with Gasteiger partial charge in [0.15, 0.2) is 0 Å². The molecule has 4 aromatic rings. The van der Waals surface area contributed by atoms with Crippen molar-refractivity contribution in [2.24, 2.45) is 0 Å². The molecule has 5 rings (SSSR count). The number of nitrogens with one attached hydrogen (secondary N) is 2. The van der Waals surface area contributed by atoms with Crippen molar-refractivity contribution in [1.29, 1.82) is 0 Å². The van der Waals surface area contributed by atoms with Crippen LogP contribution in [0.1, 0.15) is 24.1 Å². The molecular formula is C26H20Cl3N5O2. The number of anilines is 2. The predicted molar refractivity (Wildman–Crippen MR) is 142 cm³/mol. The minimum Gasteiger partial charge on any atom is -0.489 e. The summed E-state index contributed by atoms with van der Waals surface area (Å²) in [6, 6.07) is 19.4. The van der Waals surface area contributed by atoms with E-state index < -0.39 is 6.04 Å². The predicted octanol–water partition coefficient (Wildman–Crippen LogP) is 6.74. The van der Waals surface area contributed by atoms with Gasteiger partial charge < -0.3 is 15.4 Å². The van der Waals surface area contributed by atoms with E-state index in [1.807, 2.05) is 37.3 Å². The highest BCUT2D eigenvalue weighted by molar-refractivity contribution is 6.42. The number of carbonyl (C=O) groups is 1. The maximum absolute atomic E-state index is 13.4. The first kappa shape index (κ1) is 24.2. The van der Waals surface area contributed by atoms with Crippen molar-refractivity contribution in [1.82, 2.24) is 14.8 Å². The van der Waals surface area contributed by atoms with E-state index in [2.05, 4.69) is 20.7 Å². The van der Waals surface area contributed by atoms with Gasteiger partial charge in [0.25, 0.3) is 5.91 Å². The van der Waals surface area contributed by atoms with E-state index in [0.717, 1.165) is 11.1 Å². The third kappa shape index (κ3) is 5.04. The molecule has 1 atom stereocenters. The van der Waals surface area contributed by atoms with Crippen LogP contribution in [0.4, 0.5) is 11.6 Å². The number of nitrogens with zero attached hydrogens (tertiary/aromatic N) is 3. The van der Waals surface area contributed by atoms with Crippen LogP contribution in [0.15, 0.2) is 84.3 Å². The Morgan fingerprint density at radius 1 is 1.03 bits per heavy atom. The van der Waals surface area contributed by atoms with Crippen LogP contribution < -0.4 is 15.4 Å². The molecule has 36 heavy (non-hydrogen) atoms. The highest BCUT2D eigenvalue weighted by atomic mass is 35.5. The van der Waals surface area contributed by atoms with E-state index >= 15 is 0 Å². The summed E-state index contributed by atoms with van der Waals surface area (Å²) in [6.45, 7) is 2.18. The monoisotopic (exact) mass is 539 g/mol. The molecule has 10 heteroatoms. The van der Waals surface area contributed by atoms with E-state index in [-0.39, 0.29) is 5.91 Å². The fourth-order valence-corrected chi connectivity index (χ4v) is 4.41. The zero-order valence-corrected chi connectivity index (χ0v) is 21.3. The number of carbonyl (C=O) groups excluding carboxylic acids is 1. The maximum atomic E-state index is 13.4. The van der Waals surface area contributed by atoms with E-state index in [9.17, 15) is 4.79 Å².